The standard InChI is InChI=1S/C16H23NO3/c1-12(2)11-17(10-9-15(18)20-4)16(19)14-8-6-5-7-13(14)3/h5-8,12H,9-11H2,1-4H3. The van der Waals surface area contributed by atoms with Crippen LogP contribution in [0.1, 0.15) is 36.2 Å². The van der Waals surface area contributed by atoms with Crippen LogP contribution in [0.3, 0.4) is 0 Å². The molecule has 0 aliphatic heterocycles. The number of carbonyl (C=O) groups is 2. The third-order valence-electron chi connectivity index (χ3n) is 3.06. The van der Waals surface area contributed by atoms with Crippen LogP contribution >= 0.6 is 0 Å². The van der Waals surface area contributed by atoms with Crippen LogP contribution in [0.5, 0.6) is 0 Å². The van der Waals surface area contributed by atoms with Crippen molar-refractivity contribution in [1.29, 1.82) is 0 Å². The molecule has 4 nitrogen and oxygen atoms in total. The average Bonchev–Trinajstić information content (AvgIpc) is 2.42. The molecule has 0 aliphatic carbocycles. The lowest BCUT2D eigenvalue weighted by Gasteiger charge is -2.25. The van der Waals surface area contributed by atoms with E-state index in [0.29, 0.717) is 24.6 Å². The highest BCUT2D eigenvalue weighted by Crippen LogP contribution is 2.12. The third-order valence-corrected chi connectivity index (χ3v) is 3.06. The number of hydrogen-bond acceptors (Lipinski definition) is 3. The smallest absolute Gasteiger partial charge is 0.307 e. The van der Waals surface area contributed by atoms with Crippen molar-refractivity contribution in [3.05, 3.63) is 35.4 Å². The lowest BCUT2D eigenvalue weighted by molar-refractivity contribution is -0.140. The predicted octanol–water partition coefficient (Wildman–Crippen LogP) is 2.66. The zero-order chi connectivity index (χ0) is 15.1. The van der Waals surface area contributed by atoms with E-state index in [2.05, 4.69) is 18.6 Å². The second-order valence-corrected chi connectivity index (χ2v) is 5.29. The van der Waals surface area contributed by atoms with E-state index in [1.54, 1.807) is 4.90 Å². The van der Waals surface area contributed by atoms with Crippen LogP contribution in [0.2, 0.25) is 0 Å². The zero-order valence-corrected chi connectivity index (χ0v) is 12.7. The van der Waals surface area contributed by atoms with Gasteiger partial charge in [0, 0.05) is 18.7 Å². The first-order chi connectivity index (χ1) is 9.45. The molecular formula is C16H23NO3. The topological polar surface area (TPSA) is 46.6 Å². The highest BCUT2D eigenvalue weighted by molar-refractivity contribution is 5.95. The SMILES string of the molecule is COC(=O)CCN(CC(C)C)C(=O)c1ccccc1C. The van der Waals surface area contributed by atoms with Crippen molar-refractivity contribution in [2.75, 3.05) is 20.2 Å². The van der Waals surface area contributed by atoms with Crippen molar-refractivity contribution in [3.63, 3.8) is 0 Å². The van der Waals surface area contributed by atoms with Gasteiger partial charge in [0.15, 0.2) is 0 Å². The molecule has 0 fully saturated rings. The van der Waals surface area contributed by atoms with Crippen molar-refractivity contribution < 1.29 is 14.3 Å². The normalized spacial score (nSPS) is 10.4. The molecule has 4 heteroatoms. The maximum absolute atomic E-state index is 12.6. The molecule has 1 aromatic rings. The van der Waals surface area contributed by atoms with Gasteiger partial charge in [-0.15, -0.1) is 0 Å². The van der Waals surface area contributed by atoms with Crippen molar-refractivity contribution >= 4 is 11.9 Å². The van der Waals surface area contributed by atoms with Crippen LogP contribution in [0.15, 0.2) is 24.3 Å². The summed E-state index contributed by atoms with van der Waals surface area (Å²) in [5.41, 5.74) is 1.64. The summed E-state index contributed by atoms with van der Waals surface area (Å²) >= 11 is 0. The Morgan fingerprint density at radius 2 is 1.90 bits per heavy atom. The molecule has 0 saturated heterocycles. The van der Waals surface area contributed by atoms with Crippen molar-refractivity contribution in [2.24, 2.45) is 5.92 Å². The highest BCUT2D eigenvalue weighted by atomic mass is 16.5. The first-order valence-corrected chi connectivity index (χ1v) is 6.87. The molecule has 0 saturated carbocycles. The van der Waals surface area contributed by atoms with E-state index in [0.717, 1.165) is 5.56 Å². The Kier molecular flexibility index (Phi) is 6.22. The predicted molar refractivity (Wildman–Crippen MR) is 78.6 cm³/mol. The van der Waals surface area contributed by atoms with Crippen molar-refractivity contribution in [3.8, 4) is 0 Å². The molecule has 0 unspecified atom stereocenters. The Balaban J connectivity index is 2.84. The minimum atomic E-state index is -0.295. The monoisotopic (exact) mass is 277 g/mol. The van der Waals surface area contributed by atoms with Gasteiger partial charge in [0.1, 0.15) is 0 Å². The fourth-order valence-corrected chi connectivity index (χ4v) is 2.03. The molecule has 0 heterocycles. The second kappa shape index (κ2) is 7.68. The average molecular weight is 277 g/mol. The minimum absolute atomic E-state index is 0.0271. The number of methoxy groups -OCH3 is 1. The molecule has 0 bridgehead atoms. The number of rotatable bonds is 6. The number of ether oxygens (including phenoxy) is 1. The Morgan fingerprint density at radius 3 is 2.45 bits per heavy atom. The molecular weight excluding hydrogens is 254 g/mol. The molecule has 0 aromatic heterocycles. The van der Waals surface area contributed by atoms with Gasteiger partial charge in [-0.25, -0.2) is 0 Å². The molecule has 110 valence electrons. The van der Waals surface area contributed by atoms with E-state index >= 15 is 0 Å². The quantitative estimate of drug-likeness (QED) is 0.751. The van der Waals surface area contributed by atoms with Gasteiger partial charge in [-0.05, 0) is 24.5 Å². The van der Waals surface area contributed by atoms with Gasteiger partial charge in [-0.2, -0.15) is 0 Å². The first kappa shape index (κ1) is 16.2. The Morgan fingerprint density at radius 1 is 1.25 bits per heavy atom. The first-order valence-electron chi connectivity index (χ1n) is 6.87. The fraction of sp³-hybridized carbons (Fsp3) is 0.500. The van der Waals surface area contributed by atoms with Crippen LogP contribution in [-0.4, -0.2) is 37.0 Å². The third kappa shape index (κ3) is 4.68. The zero-order valence-electron chi connectivity index (χ0n) is 12.7. The molecule has 0 aliphatic rings. The van der Waals surface area contributed by atoms with Crippen LogP contribution in [-0.2, 0) is 9.53 Å². The number of aryl methyl sites for hydroxylation is 1. The molecule has 20 heavy (non-hydrogen) atoms. The number of esters is 1. The number of benzene rings is 1. The van der Waals surface area contributed by atoms with Gasteiger partial charge in [0.05, 0.1) is 13.5 Å². The van der Waals surface area contributed by atoms with E-state index in [-0.39, 0.29) is 18.3 Å². The van der Waals surface area contributed by atoms with E-state index in [1.807, 2.05) is 31.2 Å². The van der Waals surface area contributed by atoms with Gasteiger partial charge in [-0.1, -0.05) is 32.0 Å². The maximum Gasteiger partial charge on any atom is 0.307 e. The van der Waals surface area contributed by atoms with Crippen molar-refractivity contribution in [2.45, 2.75) is 27.2 Å². The number of nitrogens with zero attached hydrogens (tertiary/aromatic N) is 1. The number of amides is 1. The largest absolute Gasteiger partial charge is 0.469 e. The number of carbonyl (C=O) groups excluding carboxylic acids is 2. The molecule has 1 amide bonds. The van der Waals surface area contributed by atoms with Gasteiger partial charge in [-0.3, -0.25) is 9.59 Å². The summed E-state index contributed by atoms with van der Waals surface area (Å²) < 4.78 is 4.64. The highest BCUT2D eigenvalue weighted by Gasteiger charge is 2.19. The summed E-state index contributed by atoms with van der Waals surface area (Å²) in [6.45, 7) is 7.04. The Hall–Kier alpha value is -1.84. The van der Waals surface area contributed by atoms with E-state index in [1.165, 1.54) is 7.11 Å². The number of hydrogen-bond donors (Lipinski definition) is 0. The summed E-state index contributed by atoms with van der Waals surface area (Å²) in [6.07, 6.45) is 0.223. The molecule has 1 rings (SSSR count). The molecule has 0 radical (unpaired) electrons. The summed E-state index contributed by atoms with van der Waals surface area (Å²) in [7, 11) is 1.36. The lowest BCUT2D eigenvalue weighted by Crippen LogP contribution is -2.36. The molecule has 0 atom stereocenters. The second-order valence-electron chi connectivity index (χ2n) is 5.29. The van der Waals surface area contributed by atoms with Gasteiger partial charge in [0.25, 0.3) is 5.91 Å². The summed E-state index contributed by atoms with van der Waals surface area (Å²) in [5.74, 6) is 0.0256. The maximum atomic E-state index is 12.6. The molecule has 1 aromatic carbocycles. The summed E-state index contributed by atoms with van der Waals surface area (Å²) in [6, 6.07) is 7.51. The summed E-state index contributed by atoms with van der Waals surface area (Å²) in [4.78, 5) is 25.6. The van der Waals surface area contributed by atoms with Crippen LogP contribution in [0.25, 0.3) is 0 Å². The van der Waals surface area contributed by atoms with Crippen LogP contribution in [0.4, 0.5) is 0 Å². The van der Waals surface area contributed by atoms with Crippen LogP contribution in [0, 0.1) is 12.8 Å². The molecule has 0 N–H and O–H groups in total. The van der Waals surface area contributed by atoms with E-state index in [4.69, 9.17) is 0 Å². The van der Waals surface area contributed by atoms with Crippen molar-refractivity contribution in [1.82, 2.24) is 4.90 Å². The van der Waals surface area contributed by atoms with Gasteiger partial charge >= 0.3 is 5.97 Å². The van der Waals surface area contributed by atoms with Gasteiger partial charge in [0.2, 0.25) is 0 Å². The Bertz CT molecular complexity index is 469. The van der Waals surface area contributed by atoms with E-state index < -0.39 is 0 Å². The Labute approximate surface area is 120 Å². The van der Waals surface area contributed by atoms with Gasteiger partial charge < -0.3 is 9.64 Å². The van der Waals surface area contributed by atoms with Crippen LogP contribution < -0.4 is 0 Å². The molecule has 0 spiro atoms. The minimum Gasteiger partial charge on any atom is -0.469 e. The summed E-state index contributed by atoms with van der Waals surface area (Å²) in [5, 5.41) is 0. The fourth-order valence-electron chi connectivity index (χ4n) is 2.03. The lowest BCUT2D eigenvalue weighted by atomic mass is 10.1. The van der Waals surface area contributed by atoms with E-state index in [9.17, 15) is 9.59 Å².